The van der Waals surface area contributed by atoms with Crippen molar-refractivity contribution in [2.45, 2.75) is 19.8 Å². The highest BCUT2D eigenvalue weighted by Crippen LogP contribution is 2.25. The minimum absolute atomic E-state index is 0.0623. The van der Waals surface area contributed by atoms with Crippen LogP contribution in [0.5, 0.6) is 0 Å². The molecule has 70 valence electrons. The van der Waals surface area contributed by atoms with Gasteiger partial charge in [-0.3, -0.25) is 0 Å². The fourth-order valence-corrected chi connectivity index (χ4v) is 1.56. The third kappa shape index (κ3) is 1.98. The van der Waals surface area contributed by atoms with Gasteiger partial charge < -0.3 is 5.11 Å². The SMILES string of the molecule is CC(C)c1c(C(=O)O)ccnc1Cl. The molecule has 3 nitrogen and oxygen atoms in total. The molecule has 1 rings (SSSR count). The predicted octanol–water partition coefficient (Wildman–Crippen LogP) is 2.56. The number of carboxylic acids is 1. The summed E-state index contributed by atoms with van der Waals surface area (Å²) in [7, 11) is 0. The maximum atomic E-state index is 10.8. The molecule has 0 bridgehead atoms. The van der Waals surface area contributed by atoms with Crippen molar-refractivity contribution in [1.29, 1.82) is 0 Å². The lowest BCUT2D eigenvalue weighted by Crippen LogP contribution is -2.05. The van der Waals surface area contributed by atoms with Crippen molar-refractivity contribution in [3.63, 3.8) is 0 Å². The molecule has 1 aromatic heterocycles. The van der Waals surface area contributed by atoms with Crippen LogP contribution < -0.4 is 0 Å². The monoisotopic (exact) mass is 199 g/mol. The molecule has 1 aromatic rings. The fraction of sp³-hybridized carbons (Fsp3) is 0.333. The molecule has 4 heteroatoms. The van der Waals surface area contributed by atoms with Gasteiger partial charge in [0.05, 0.1) is 5.56 Å². The summed E-state index contributed by atoms with van der Waals surface area (Å²) in [5.74, 6) is -0.903. The first-order valence-corrected chi connectivity index (χ1v) is 4.29. The van der Waals surface area contributed by atoms with Crippen LogP contribution in [0.2, 0.25) is 5.15 Å². The van der Waals surface area contributed by atoms with E-state index in [1.54, 1.807) is 0 Å². The van der Waals surface area contributed by atoms with E-state index in [2.05, 4.69) is 4.98 Å². The van der Waals surface area contributed by atoms with Crippen LogP contribution in [0.3, 0.4) is 0 Å². The van der Waals surface area contributed by atoms with Gasteiger partial charge in [0.1, 0.15) is 5.15 Å². The van der Waals surface area contributed by atoms with Gasteiger partial charge in [-0.15, -0.1) is 0 Å². The number of pyridine rings is 1. The number of hydrogen-bond acceptors (Lipinski definition) is 2. The highest BCUT2D eigenvalue weighted by molar-refractivity contribution is 6.30. The maximum absolute atomic E-state index is 10.8. The molecule has 0 aliphatic rings. The lowest BCUT2D eigenvalue weighted by atomic mass is 10.00. The second kappa shape index (κ2) is 3.75. The average molecular weight is 200 g/mol. The van der Waals surface area contributed by atoms with Crippen molar-refractivity contribution in [1.82, 2.24) is 4.98 Å². The second-order valence-electron chi connectivity index (χ2n) is 3.02. The number of halogens is 1. The van der Waals surface area contributed by atoms with Crippen molar-refractivity contribution in [2.24, 2.45) is 0 Å². The molecule has 0 fully saturated rings. The van der Waals surface area contributed by atoms with Crippen LogP contribution in [0, 0.1) is 0 Å². The Morgan fingerprint density at radius 2 is 2.23 bits per heavy atom. The van der Waals surface area contributed by atoms with Gasteiger partial charge in [0, 0.05) is 11.8 Å². The van der Waals surface area contributed by atoms with Crippen LogP contribution in [0.25, 0.3) is 0 Å². The van der Waals surface area contributed by atoms with E-state index in [0.717, 1.165) is 0 Å². The van der Waals surface area contributed by atoms with Crippen LogP contribution in [-0.2, 0) is 0 Å². The van der Waals surface area contributed by atoms with Gasteiger partial charge in [0.2, 0.25) is 0 Å². The Balaban J connectivity index is 3.34. The standard InChI is InChI=1S/C9H10ClNO2/c1-5(2)7-6(9(12)13)3-4-11-8(7)10/h3-5H,1-2H3,(H,12,13). The summed E-state index contributed by atoms with van der Waals surface area (Å²) in [5.41, 5.74) is 0.826. The third-order valence-corrected chi connectivity index (χ3v) is 2.05. The van der Waals surface area contributed by atoms with E-state index in [-0.39, 0.29) is 16.6 Å². The molecule has 0 aromatic carbocycles. The van der Waals surface area contributed by atoms with Gasteiger partial charge in [-0.1, -0.05) is 25.4 Å². The zero-order valence-corrected chi connectivity index (χ0v) is 8.17. The van der Waals surface area contributed by atoms with Crippen molar-refractivity contribution < 1.29 is 9.90 Å². The first-order valence-electron chi connectivity index (χ1n) is 3.91. The Labute approximate surface area is 81.4 Å². The molecule has 1 heterocycles. The number of aromatic nitrogens is 1. The summed E-state index contributed by atoms with van der Waals surface area (Å²) in [4.78, 5) is 14.6. The highest BCUT2D eigenvalue weighted by atomic mass is 35.5. The Morgan fingerprint density at radius 1 is 1.62 bits per heavy atom. The summed E-state index contributed by atoms with van der Waals surface area (Å²) in [6.07, 6.45) is 1.40. The second-order valence-corrected chi connectivity index (χ2v) is 3.38. The quantitative estimate of drug-likeness (QED) is 0.745. The van der Waals surface area contributed by atoms with Crippen LogP contribution in [0.4, 0.5) is 0 Å². The Hall–Kier alpha value is -1.09. The van der Waals surface area contributed by atoms with E-state index in [1.165, 1.54) is 12.3 Å². The normalized spacial score (nSPS) is 10.5. The molecule has 0 unspecified atom stereocenters. The Kier molecular flexibility index (Phi) is 2.88. The third-order valence-electron chi connectivity index (χ3n) is 1.75. The van der Waals surface area contributed by atoms with Gasteiger partial charge in [-0.25, -0.2) is 9.78 Å². The van der Waals surface area contributed by atoms with Gasteiger partial charge in [-0.05, 0) is 12.0 Å². The number of nitrogens with zero attached hydrogens (tertiary/aromatic N) is 1. The maximum Gasteiger partial charge on any atom is 0.336 e. The van der Waals surface area contributed by atoms with Crippen LogP contribution in [0.1, 0.15) is 35.7 Å². The molecule has 0 amide bonds. The average Bonchev–Trinajstić information content (AvgIpc) is 2.02. The number of rotatable bonds is 2. The fourth-order valence-electron chi connectivity index (χ4n) is 1.18. The zero-order valence-electron chi connectivity index (χ0n) is 7.41. The van der Waals surface area contributed by atoms with Crippen LogP contribution in [-0.4, -0.2) is 16.1 Å². The van der Waals surface area contributed by atoms with Crippen LogP contribution >= 0.6 is 11.6 Å². The minimum Gasteiger partial charge on any atom is -0.478 e. The summed E-state index contributed by atoms with van der Waals surface area (Å²) in [6, 6.07) is 1.46. The smallest absolute Gasteiger partial charge is 0.336 e. The number of aromatic carboxylic acids is 1. The van der Waals surface area contributed by atoms with Gasteiger partial charge in [-0.2, -0.15) is 0 Å². The van der Waals surface area contributed by atoms with Gasteiger partial charge >= 0.3 is 5.97 Å². The Bertz CT molecular complexity index is 336. The van der Waals surface area contributed by atoms with Crippen LogP contribution in [0.15, 0.2) is 12.3 Å². The van der Waals surface area contributed by atoms with Crippen molar-refractivity contribution in [2.75, 3.05) is 0 Å². The number of hydrogen-bond donors (Lipinski definition) is 1. The lowest BCUT2D eigenvalue weighted by molar-refractivity contribution is 0.0695. The van der Waals surface area contributed by atoms with E-state index < -0.39 is 5.97 Å². The lowest BCUT2D eigenvalue weighted by Gasteiger charge is -2.10. The topological polar surface area (TPSA) is 50.2 Å². The molecule has 0 radical (unpaired) electrons. The van der Waals surface area contributed by atoms with Gasteiger partial charge in [0.25, 0.3) is 0 Å². The zero-order chi connectivity index (χ0) is 10.0. The number of carbonyl (C=O) groups is 1. The van der Waals surface area contributed by atoms with E-state index >= 15 is 0 Å². The molecule has 13 heavy (non-hydrogen) atoms. The summed E-state index contributed by atoms with van der Waals surface area (Å²) in [6.45, 7) is 3.77. The van der Waals surface area contributed by atoms with Crippen molar-refractivity contribution in [3.05, 3.63) is 28.5 Å². The molecular weight excluding hydrogens is 190 g/mol. The van der Waals surface area contributed by atoms with Crippen molar-refractivity contribution in [3.8, 4) is 0 Å². The van der Waals surface area contributed by atoms with E-state index in [4.69, 9.17) is 16.7 Å². The summed E-state index contributed by atoms with van der Waals surface area (Å²) >= 11 is 5.79. The van der Waals surface area contributed by atoms with E-state index in [1.807, 2.05) is 13.8 Å². The molecule has 0 aliphatic heterocycles. The first kappa shape index (κ1) is 9.99. The Morgan fingerprint density at radius 3 is 2.62 bits per heavy atom. The molecule has 1 N–H and O–H groups in total. The van der Waals surface area contributed by atoms with Crippen molar-refractivity contribution >= 4 is 17.6 Å². The molecular formula is C9H10ClNO2. The van der Waals surface area contributed by atoms with Gasteiger partial charge in [0.15, 0.2) is 0 Å². The molecule has 0 saturated heterocycles. The van der Waals surface area contributed by atoms with E-state index in [0.29, 0.717) is 5.56 Å². The largest absolute Gasteiger partial charge is 0.478 e. The summed E-state index contributed by atoms with van der Waals surface area (Å²) < 4.78 is 0. The summed E-state index contributed by atoms with van der Waals surface area (Å²) in [5, 5.41) is 9.13. The molecule has 0 aliphatic carbocycles. The predicted molar refractivity (Wildman–Crippen MR) is 50.3 cm³/mol. The first-order chi connectivity index (χ1) is 6.04. The highest BCUT2D eigenvalue weighted by Gasteiger charge is 2.16. The minimum atomic E-state index is -0.965. The van der Waals surface area contributed by atoms with E-state index in [9.17, 15) is 4.79 Å². The molecule has 0 saturated carbocycles. The number of carboxylic acid groups (broad SMARTS) is 1. The molecule has 0 atom stereocenters. The molecule has 0 spiro atoms.